The second-order valence-electron chi connectivity index (χ2n) is 11.1. The van der Waals surface area contributed by atoms with Crippen molar-refractivity contribution in [1.82, 2.24) is 0 Å². The van der Waals surface area contributed by atoms with Gasteiger partial charge in [-0.3, -0.25) is 4.99 Å². The molecule has 208 valence electrons. The van der Waals surface area contributed by atoms with Gasteiger partial charge in [0.15, 0.2) is 0 Å². The Morgan fingerprint density at radius 1 is 0.477 bits per heavy atom. The molecule has 0 bridgehead atoms. The van der Waals surface area contributed by atoms with E-state index < -0.39 is 0 Å². The largest absolute Gasteiger partial charge is 0.288 e. The lowest BCUT2D eigenvalue weighted by Gasteiger charge is -2.10. The Hall–Kier alpha value is -5.31. The van der Waals surface area contributed by atoms with Gasteiger partial charge in [0.05, 0.1) is 6.54 Å². The molecule has 0 radical (unpaired) electrons. The summed E-state index contributed by atoms with van der Waals surface area (Å²) in [5.41, 5.74) is 9.81. The fraction of sp³-hybridized carbons (Fsp3) is 0.0238. The van der Waals surface area contributed by atoms with E-state index in [1.54, 1.807) is 0 Å². The van der Waals surface area contributed by atoms with Gasteiger partial charge < -0.3 is 0 Å². The molecule has 1 heterocycles. The Morgan fingerprint density at radius 2 is 1.16 bits per heavy atom. The third-order valence-corrected chi connectivity index (χ3v) is 9.64. The summed E-state index contributed by atoms with van der Waals surface area (Å²) in [5, 5.41) is 5.06. The van der Waals surface area contributed by atoms with Crippen LogP contribution in [-0.4, -0.2) is 6.21 Å². The van der Waals surface area contributed by atoms with Crippen molar-refractivity contribution in [3.63, 3.8) is 0 Å². The van der Waals surface area contributed by atoms with E-state index in [1.165, 1.54) is 69.9 Å². The predicted octanol–water partition coefficient (Wildman–Crippen LogP) is 11.8. The number of hydrogen-bond donors (Lipinski definition) is 0. The highest BCUT2D eigenvalue weighted by Gasteiger charge is 2.19. The van der Waals surface area contributed by atoms with E-state index in [0.29, 0.717) is 6.54 Å². The molecule has 0 unspecified atom stereocenters. The normalized spacial score (nSPS) is 11.6. The Labute approximate surface area is 261 Å². The molecule has 1 nitrogen and oxygen atoms in total. The molecular formula is C42H29NS. The van der Waals surface area contributed by atoms with Crippen molar-refractivity contribution in [2.24, 2.45) is 4.99 Å². The minimum absolute atomic E-state index is 0.653. The zero-order valence-corrected chi connectivity index (χ0v) is 25.0. The van der Waals surface area contributed by atoms with Gasteiger partial charge in [0.25, 0.3) is 0 Å². The topological polar surface area (TPSA) is 12.4 Å². The Kier molecular flexibility index (Phi) is 6.83. The quantitative estimate of drug-likeness (QED) is 0.174. The average molecular weight is 580 g/mol. The van der Waals surface area contributed by atoms with Gasteiger partial charge in [-0.15, -0.1) is 11.3 Å². The highest BCUT2D eigenvalue weighted by molar-refractivity contribution is 7.27. The first kappa shape index (κ1) is 26.3. The maximum absolute atomic E-state index is 4.94. The molecule has 8 aromatic rings. The van der Waals surface area contributed by atoms with E-state index in [1.807, 2.05) is 11.3 Å². The third-order valence-electron chi connectivity index (χ3n) is 8.37. The summed E-state index contributed by atoms with van der Waals surface area (Å²) in [6.07, 6.45) is 2.08. The molecule has 0 saturated heterocycles. The summed E-state index contributed by atoms with van der Waals surface area (Å²) in [6, 6.07) is 56.6. The van der Waals surface area contributed by atoms with Crippen molar-refractivity contribution < 1.29 is 0 Å². The van der Waals surface area contributed by atoms with Crippen LogP contribution in [0.4, 0.5) is 0 Å². The van der Waals surface area contributed by atoms with Crippen molar-refractivity contribution in [2.45, 2.75) is 6.54 Å². The van der Waals surface area contributed by atoms with Crippen LogP contribution in [0.2, 0.25) is 0 Å². The lowest BCUT2D eigenvalue weighted by molar-refractivity contribution is 1.08. The van der Waals surface area contributed by atoms with E-state index in [0.717, 1.165) is 5.56 Å². The minimum Gasteiger partial charge on any atom is -0.288 e. The first-order valence-corrected chi connectivity index (χ1v) is 15.8. The molecule has 0 fully saturated rings. The summed E-state index contributed by atoms with van der Waals surface area (Å²) in [6.45, 7) is 0.653. The van der Waals surface area contributed by atoms with Crippen LogP contribution in [0.3, 0.4) is 0 Å². The number of hydrogen-bond acceptors (Lipinski definition) is 2. The summed E-state index contributed by atoms with van der Waals surface area (Å²) in [7, 11) is 0. The molecular weight excluding hydrogens is 551 g/mol. The SMILES string of the molecule is C(=NCc1ccccc1)c1ccc(-c2cccc3ccccc23)c2sc3c(-c4ccccc4)cc(-c4ccccc4)cc3c12. The number of fused-ring (bicyclic) bond motifs is 4. The maximum atomic E-state index is 4.94. The summed E-state index contributed by atoms with van der Waals surface area (Å²) in [5.74, 6) is 0. The first-order chi connectivity index (χ1) is 21.8. The van der Waals surface area contributed by atoms with Crippen LogP contribution in [0.5, 0.6) is 0 Å². The molecule has 0 aliphatic rings. The number of thiophene rings is 1. The van der Waals surface area contributed by atoms with Crippen molar-refractivity contribution in [2.75, 3.05) is 0 Å². The maximum Gasteiger partial charge on any atom is 0.0639 e. The van der Waals surface area contributed by atoms with Crippen molar-refractivity contribution in [1.29, 1.82) is 0 Å². The number of nitrogens with zero attached hydrogens (tertiary/aromatic N) is 1. The van der Waals surface area contributed by atoms with Gasteiger partial charge in [0.1, 0.15) is 0 Å². The molecule has 7 aromatic carbocycles. The van der Waals surface area contributed by atoms with Crippen LogP contribution in [-0.2, 0) is 6.54 Å². The van der Waals surface area contributed by atoms with Gasteiger partial charge >= 0.3 is 0 Å². The van der Waals surface area contributed by atoms with Crippen LogP contribution < -0.4 is 0 Å². The number of aliphatic imine (C=N–C) groups is 1. The Balaban J connectivity index is 1.44. The second kappa shape index (κ2) is 11.4. The molecule has 0 N–H and O–H groups in total. The van der Waals surface area contributed by atoms with Gasteiger partial charge in [0, 0.05) is 43.1 Å². The van der Waals surface area contributed by atoms with E-state index in [-0.39, 0.29) is 0 Å². The molecule has 0 saturated carbocycles. The zero-order chi connectivity index (χ0) is 29.3. The summed E-state index contributed by atoms with van der Waals surface area (Å²) < 4.78 is 2.60. The van der Waals surface area contributed by atoms with Crippen LogP contribution in [0.15, 0.2) is 163 Å². The third kappa shape index (κ3) is 4.80. The standard InChI is InChI=1S/C42H29NS/c1-4-13-29(14-5-1)27-43-28-33-23-24-37(36-22-12-20-31-19-10-11-21-35(31)36)42-40(33)39-26-34(30-15-6-2-7-16-30)25-38(41(39)44-42)32-17-8-3-9-18-32/h1-26,28H,27H2. The molecule has 44 heavy (non-hydrogen) atoms. The molecule has 0 aliphatic heterocycles. The number of benzene rings is 7. The summed E-state index contributed by atoms with van der Waals surface area (Å²) >= 11 is 1.90. The lowest BCUT2D eigenvalue weighted by atomic mass is 9.92. The lowest BCUT2D eigenvalue weighted by Crippen LogP contribution is -1.89. The van der Waals surface area contributed by atoms with E-state index in [9.17, 15) is 0 Å². The molecule has 2 heteroatoms. The zero-order valence-electron chi connectivity index (χ0n) is 24.2. The highest BCUT2D eigenvalue weighted by atomic mass is 32.1. The van der Waals surface area contributed by atoms with Crippen molar-refractivity contribution in [3.8, 4) is 33.4 Å². The Bertz CT molecular complexity index is 2280. The van der Waals surface area contributed by atoms with E-state index in [2.05, 4.69) is 164 Å². The molecule has 1 aromatic heterocycles. The van der Waals surface area contributed by atoms with E-state index in [4.69, 9.17) is 4.99 Å². The average Bonchev–Trinajstić information content (AvgIpc) is 3.49. The van der Waals surface area contributed by atoms with Crippen molar-refractivity contribution >= 4 is 48.5 Å². The fourth-order valence-electron chi connectivity index (χ4n) is 6.25. The Morgan fingerprint density at radius 3 is 1.95 bits per heavy atom. The monoisotopic (exact) mass is 579 g/mol. The summed E-state index contributed by atoms with van der Waals surface area (Å²) in [4.78, 5) is 4.94. The first-order valence-electron chi connectivity index (χ1n) is 15.0. The van der Waals surface area contributed by atoms with Gasteiger partial charge in [0.2, 0.25) is 0 Å². The van der Waals surface area contributed by atoms with E-state index >= 15 is 0 Å². The van der Waals surface area contributed by atoms with Gasteiger partial charge in [-0.25, -0.2) is 0 Å². The predicted molar refractivity (Wildman–Crippen MR) is 191 cm³/mol. The molecule has 0 atom stereocenters. The smallest absolute Gasteiger partial charge is 0.0639 e. The molecule has 0 spiro atoms. The number of rotatable bonds is 6. The molecule has 0 amide bonds. The van der Waals surface area contributed by atoms with Crippen LogP contribution in [0.1, 0.15) is 11.1 Å². The van der Waals surface area contributed by atoms with Crippen LogP contribution in [0, 0.1) is 0 Å². The van der Waals surface area contributed by atoms with Gasteiger partial charge in [-0.1, -0.05) is 146 Å². The highest BCUT2D eigenvalue weighted by Crippen LogP contribution is 2.47. The second-order valence-corrected chi connectivity index (χ2v) is 12.1. The van der Waals surface area contributed by atoms with Gasteiger partial charge in [-0.05, 0) is 50.7 Å². The van der Waals surface area contributed by atoms with Crippen molar-refractivity contribution in [3.05, 3.63) is 169 Å². The molecule has 8 rings (SSSR count). The van der Waals surface area contributed by atoms with Crippen LogP contribution in [0.25, 0.3) is 64.3 Å². The molecule has 0 aliphatic carbocycles. The minimum atomic E-state index is 0.653. The van der Waals surface area contributed by atoms with Crippen LogP contribution >= 0.6 is 11.3 Å². The van der Waals surface area contributed by atoms with Gasteiger partial charge in [-0.2, -0.15) is 0 Å². The fourth-order valence-corrected chi connectivity index (χ4v) is 7.63.